The fourth-order valence-corrected chi connectivity index (χ4v) is 4.56. The molecule has 1 saturated heterocycles. The van der Waals surface area contributed by atoms with E-state index in [2.05, 4.69) is 0 Å². The van der Waals surface area contributed by atoms with Crippen LogP contribution in [0.4, 0.5) is 5.69 Å². The molecular formula is C12H16N2O4S2. The lowest BCUT2D eigenvalue weighted by atomic mass is 10.2. The molecule has 0 unspecified atom stereocenters. The molecule has 0 saturated carbocycles. The molecule has 1 aromatic carbocycles. The van der Waals surface area contributed by atoms with Crippen molar-refractivity contribution >= 4 is 27.5 Å². The topological polar surface area (TPSA) is 80.5 Å². The molecule has 0 aliphatic carbocycles. The molecule has 1 aliphatic rings. The third-order valence-corrected chi connectivity index (χ3v) is 6.14. The Hall–Kier alpha value is -1.12. The van der Waals surface area contributed by atoms with E-state index in [1.54, 1.807) is 18.7 Å². The van der Waals surface area contributed by atoms with Crippen LogP contribution in [0.1, 0.15) is 12.0 Å². The highest BCUT2D eigenvalue weighted by Crippen LogP contribution is 2.25. The maximum atomic E-state index is 12.5. The number of hydrogen-bond acceptors (Lipinski definition) is 5. The third kappa shape index (κ3) is 3.13. The summed E-state index contributed by atoms with van der Waals surface area (Å²) >= 11 is 1.73. The van der Waals surface area contributed by atoms with Gasteiger partial charge in [-0.3, -0.25) is 10.1 Å². The Labute approximate surface area is 122 Å². The van der Waals surface area contributed by atoms with Crippen LogP contribution in [0.5, 0.6) is 0 Å². The zero-order chi connectivity index (χ0) is 14.8. The molecule has 0 N–H and O–H groups in total. The van der Waals surface area contributed by atoms with Gasteiger partial charge in [-0.1, -0.05) is 6.07 Å². The molecule has 0 spiro atoms. The van der Waals surface area contributed by atoms with Gasteiger partial charge in [0.25, 0.3) is 5.69 Å². The number of hydrogen-bond donors (Lipinski definition) is 0. The molecular weight excluding hydrogens is 300 g/mol. The predicted molar refractivity (Wildman–Crippen MR) is 78.5 cm³/mol. The summed E-state index contributed by atoms with van der Waals surface area (Å²) in [6.45, 7) is 2.52. The fourth-order valence-electron chi connectivity index (χ4n) is 2.06. The molecule has 1 heterocycles. The van der Waals surface area contributed by atoms with Crippen LogP contribution in [-0.4, -0.2) is 42.2 Å². The van der Waals surface area contributed by atoms with Crippen LogP contribution in [0.2, 0.25) is 0 Å². The van der Waals surface area contributed by atoms with Crippen molar-refractivity contribution < 1.29 is 13.3 Å². The highest BCUT2D eigenvalue weighted by atomic mass is 32.2. The molecule has 0 radical (unpaired) electrons. The summed E-state index contributed by atoms with van der Waals surface area (Å²) in [5.41, 5.74) is 0.302. The lowest BCUT2D eigenvalue weighted by molar-refractivity contribution is -0.385. The van der Waals surface area contributed by atoms with Gasteiger partial charge in [0.15, 0.2) is 0 Å². The normalized spacial score (nSPS) is 17.6. The van der Waals surface area contributed by atoms with Crippen LogP contribution in [0.15, 0.2) is 23.1 Å². The van der Waals surface area contributed by atoms with Gasteiger partial charge in [-0.15, -0.1) is 0 Å². The Kier molecular flexibility index (Phi) is 4.66. The first-order valence-corrected chi connectivity index (χ1v) is 8.85. The Morgan fingerprint density at radius 3 is 2.75 bits per heavy atom. The minimum absolute atomic E-state index is 0.00157. The summed E-state index contributed by atoms with van der Waals surface area (Å²) in [5.74, 6) is 1.70. The summed E-state index contributed by atoms with van der Waals surface area (Å²) in [6, 6.07) is 4.08. The molecule has 20 heavy (non-hydrogen) atoms. The second-order valence-electron chi connectivity index (χ2n) is 4.58. The number of nitro benzene ring substituents is 1. The highest BCUT2D eigenvalue weighted by molar-refractivity contribution is 7.99. The van der Waals surface area contributed by atoms with Gasteiger partial charge in [-0.2, -0.15) is 16.1 Å². The zero-order valence-electron chi connectivity index (χ0n) is 11.1. The first kappa shape index (κ1) is 15.3. The zero-order valence-corrected chi connectivity index (χ0v) is 12.7. The Morgan fingerprint density at radius 1 is 1.30 bits per heavy atom. The monoisotopic (exact) mass is 316 g/mol. The van der Waals surface area contributed by atoms with Gasteiger partial charge in [0.05, 0.1) is 9.82 Å². The molecule has 0 bridgehead atoms. The van der Waals surface area contributed by atoms with Gasteiger partial charge in [-0.25, -0.2) is 8.42 Å². The van der Waals surface area contributed by atoms with Gasteiger partial charge in [0.1, 0.15) is 0 Å². The number of aryl methyl sites for hydroxylation is 1. The van der Waals surface area contributed by atoms with E-state index in [1.807, 2.05) is 0 Å². The Bertz CT molecular complexity index is 608. The van der Waals surface area contributed by atoms with Crippen LogP contribution in [0.3, 0.4) is 0 Å². The van der Waals surface area contributed by atoms with Crippen molar-refractivity contribution in [3.8, 4) is 0 Å². The standard InChI is InChI=1S/C12H16N2O4S2/c1-10-3-4-11(9-12(10)14(15)16)20(17,18)13-5-2-7-19-8-6-13/h3-4,9H,2,5-8H2,1H3. The summed E-state index contributed by atoms with van der Waals surface area (Å²) in [5, 5.41) is 10.9. The van der Waals surface area contributed by atoms with Crippen LogP contribution in [-0.2, 0) is 10.0 Å². The molecule has 1 aliphatic heterocycles. The SMILES string of the molecule is Cc1ccc(S(=O)(=O)N2CCCSCC2)cc1[N+](=O)[O-]. The van der Waals surface area contributed by atoms with E-state index < -0.39 is 14.9 Å². The van der Waals surface area contributed by atoms with Crippen LogP contribution in [0, 0.1) is 17.0 Å². The van der Waals surface area contributed by atoms with Crippen LogP contribution in [0.25, 0.3) is 0 Å². The van der Waals surface area contributed by atoms with Crippen molar-refractivity contribution in [2.45, 2.75) is 18.2 Å². The largest absolute Gasteiger partial charge is 0.273 e. The minimum Gasteiger partial charge on any atom is -0.258 e. The molecule has 0 aromatic heterocycles. The molecule has 6 nitrogen and oxygen atoms in total. The van der Waals surface area contributed by atoms with E-state index in [0.29, 0.717) is 18.7 Å². The predicted octanol–water partition coefficient (Wildman–Crippen LogP) is 2.03. The lowest BCUT2D eigenvalue weighted by Gasteiger charge is -2.19. The van der Waals surface area contributed by atoms with Crippen molar-refractivity contribution in [3.63, 3.8) is 0 Å². The number of rotatable bonds is 3. The van der Waals surface area contributed by atoms with Crippen molar-refractivity contribution in [2.24, 2.45) is 0 Å². The van der Waals surface area contributed by atoms with Gasteiger partial charge < -0.3 is 0 Å². The van der Waals surface area contributed by atoms with Crippen molar-refractivity contribution in [1.82, 2.24) is 4.31 Å². The highest BCUT2D eigenvalue weighted by Gasteiger charge is 2.27. The molecule has 1 aromatic rings. The van der Waals surface area contributed by atoms with Gasteiger partial charge in [0.2, 0.25) is 10.0 Å². The van der Waals surface area contributed by atoms with Gasteiger partial charge >= 0.3 is 0 Å². The van der Waals surface area contributed by atoms with Crippen molar-refractivity contribution in [2.75, 3.05) is 24.6 Å². The molecule has 8 heteroatoms. The first-order valence-electron chi connectivity index (χ1n) is 6.26. The number of nitrogens with zero attached hydrogens (tertiary/aromatic N) is 2. The number of nitro groups is 1. The maximum Gasteiger partial charge on any atom is 0.273 e. The van der Waals surface area contributed by atoms with Crippen LogP contribution >= 0.6 is 11.8 Å². The fraction of sp³-hybridized carbons (Fsp3) is 0.500. The summed E-state index contributed by atoms with van der Waals surface area (Å²) < 4.78 is 26.5. The molecule has 110 valence electrons. The van der Waals surface area contributed by atoms with Crippen LogP contribution < -0.4 is 0 Å². The lowest BCUT2D eigenvalue weighted by Crippen LogP contribution is -2.33. The average Bonchev–Trinajstić information content (AvgIpc) is 2.67. The molecule has 0 atom stereocenters. The molecule has 2 rings (SSSR count). The van der Waals surface area contributed by atoms with E-state index in [0.717, 1.165) is 24.0 Å². The first-order chi connectivity index (χ1) is 9.43. The summed E-state index contributed by atoms with van der Waals surface area (Å²) in [7, 11) is -3.64. The van der Waals surface area contributed by atoms with Gasteiger partial charge in [-0.05, 0) is 25.2 Å². The Morgan fingerprint density at radius 2 is 2.05 bits per heavy atom. The maximum absolute atomic E-state index is 12.5. The van der Waals surface area contributed by atoms with E-state index in [-0.39, 0.29) is 10.6 Å². The Balaban J connectivity index is 2.38. The summed E-state index contributed by atoms with van der Waals surface area (Å²) in [4.78, 5) is 10.4. The second-order valence-corrected chi connectivity index (χ2v) is 7.74. The number of thioether (sulfide) groups is 1. The van der Waals surface area contributed by atoms with Crippen molar-refractivity contribution in [3.05, 3.63) is 33.9 Å². The summed E-state index contributed by atoms with van der Waals surface area (Å²) in [6.07, 6.45) is 0.803. The number of benzene rings is 1. The number of sulfonamides is 1. The average molecular weight is 316 g/mol. The van der Waals surface area contributed by atoms with Gasteiger partial charge in [0, 0.05) is 30.5 Å². The van der Waals surface area contributed by atoms with E-state index >= 15 is 0 Å². The van der Waals surface area contributed by atoms with E-state index in [4.69, 9.17) is 0 Å². The smallest absolute Gasteiger partial charge is 0.258 e. The minimum atomic E-state index is -3.64. The quantitative estimate of drug-likeness (QED) is 0.629. The molecule has 0 amide bonds. The van der Waals surface area contributed by atoms with Crippen molar-refractivity contribution in [1.29, 1.82) is 0 Å². The van der Waals surface area contributed by atoms with E-state index in [1.165, 1.54) is 16.4 Å². The molecule has 1 fully saturated rings. The third-order valence-electron chi connectivity index (χ3n) is 3.20. The second kappa shape index (κ2) is 6.11. The van der Waals surface area contributed by atoms with E-state index in [9.17, 15) is 18.5 Å².